The van der Waals surface area contributed by atoms with Crippen LogP contribution < -0.4 is 4.90 Å². The molecule has 0 heterocycles. The zero-order chi connectivity index (χ0) is 36.6. The molecule has 10 aromatic carbocycles. The van der Waals surface area contributed by atoms with Gasteiger partial charge in [0, 0.05) is 16.8 Å². The van der Waals surface area contributed by atoms with Crippen LogP contribution in [0.2, 0.25) is 0 Å². The van der Waals surface area contributed by atoms with Gasteiger partial charge in [0.25, 0.3) is 0 Å². The standard InChI is InChI=1S/C54H37N/c1-2-15-38(16-3-1)46-21-8-10-24-50(46)52-26-12-13-27-53(52)51-25-11-9-22-47(51)41-31-33-43(34-32-41)55(54-28-14-19-39-17-5-7-23-49(39)54)44-35-36-48-42(37-44)30-29-40-18-4-6-20-45(40)48/h1-37H. The average Bonchev–Trinajstić information content (AvgIpc) is 3.27. The number of hydrogen-bond donors (Lipinski definition) is 0. The van der Waals surface area contributed by atoms with Gasteiger partial charge in [-0.25, -0.2) is 0 Å². The van der Waals surface area contributed by atoms with E-state index in [0.717, 1.165) is 17.1 Å². The molecule has 0 aromatic heterocycles. The second kappa shape index (κ2) is 14.0. The molecule has 55 heavy (non-hydrogen) atoms. The Labute approximate surface area is 322 Å². The zero-order valence-corrected chi connectivity index (χ0v) is 30.3. The van der Waals surface area contributed by atoms with Crippen LogP contribution in [-0.4, -0.2) is 0 Å². The van der Waals surface area contributed by atoms with Gasteiger partial charge in [-0.15, -0.1) is 0 Å². The van der Waals surface area contributed by atoms with E-state index in [1.54, 1.807) is 0 Å². The molecule has 1 heteroatoms. The molecule has 0 radical (unpaired) electrons. The smallest absolute Gasteiger partial charge is 0.0540 e. The molecule has 10 aromatic rings. The van der Waals surface area contributed by atoms with Gasteiger partial charge in [0.05, 0.1) is 5.69 Å². The topological polar surface area (TPSA) is 3.24 Å². The van der Waals surface area contributed by atoms with Crippen molar-refractivity contribution >= 4 is 49.4 Å². The van der Waals surface area contributed by atoms with Crippen LogP contribution in [0.5, 0.6) is 0 Å². The summed E-state index contributed by atoms with van der Waals surface area (Å²) in [5, 5.41) is 7.45. The van der Waals surface area contributed by atoms with E-state index in [0.29, 0.717) is 0 Å². The van der Waals surface area contributed by atoms with E-state index < -0.39 is 0 Å². The van der Waals surface area contributed by atoms with Crippen molar-refractivity contribution in [1.82, 2.24) is 0 Å². The third-order valence-electron chi connectivity index (χ3n) is 10.9. The van der Waals surface area contributed by atoms with Gasteiger partial charge < -0.3 is 4.90 Å². The van der Waals surface area contributed by atoms with Gasteiger partial charge in [0.1, 0.15) is 0 Å². The molecule has 10 rings (SSSR count). The predicted molar refractivity (Wildman–Crippen MR) is 235 cm³/mol. The molecular weight excluding hydrogens is 663 g/mol. The number of anilines is 3. The minimum Gasteiger partial charge on any atom is -0.310 e. The van der Waals surface area contributed by atoms with Crippen LogP contribution in [0.15, 0.2) is 224 Å². The third-order valence-corrected chi connectivity index (χ3v) is 10.9. The van der Waals surface area contributed by atoms with Crippen LogP contribution in [0.1, 0.15) is 0 Å². The zero-order valence-electron chi connectivity index (χ0n) is 30.3. The number of fused-ring (bicyclic) bond motifs is 4. The van der Waals surface area contributed by atoms with Gasteiger partial charge in [-0.3, -0.25) is 0 Å². The summed E-state index contributed by atoms with van der Waals surface area (Å²) in [5.74, 6) is 0. The lowest BCUT2D eigenvalue weighted by atomic mass is 9.87. The van der Waals surface area contributed by atoms with E-state index >= 15 is 0 Å². The summed E-state index contributed by atoms with van der Waals surface area (Å²) >= 11 is 0. The minimum atomic E-state index is 1.11. The summed E-state index contributed by atoms with van der Waals surface area (Å²) in [6.45, 7) is 0. The Morgan fingerprint density at radius 2 is 0.673 bits per heavy atom. The maximum atomic E-state index is 2.41. The predicted octanol–water partition coefficient (Wildman–Crippen LogP) is 15.3. The first-order valence-corrected chi connectivity index (χ1v) is 18.9. The van der Waals surface area contributed by atoms with E-state index in [1.165, 1.54) is 76.8 Å². The van der Waals surface area contributed by atoms with Crippen molar-refractivity contribution in [2.24, 2.45) is 0 Å². The van der Waals surface area contributed by atoms with Gasteiger partial charge in [0.2, 0.25) is 0 Å². The fraction of sp³-hybridized carbons (Fsp3) is 0. The molecule has 0 spiro atoms. The first-order valence-electron chi connectivity index (χ1n) is 18.9. The van der Waals surface area contributed by atoms with Gasteiger partial charge >= 0.3 is 0 Å². The summed E-state index contributed by atoms with van der Waals surface area (Å²) in [6.07, 6.45) is 0. The van der Waals surface area contributed by atoms with Crippen molar-refractivity contribution in [3.8, 4) is 44.5 Å². The molecule has 258 valence electrons. The normalized spacial score (nSPS) is 11.3. The molecule has 0 N–H and O–H groups in total. The fourth-order valence-corrected chi connectivity index (χ4v) is 8.27. The Morgan fingerprint density at radius 1 is 0.236 bits per heavy atom. The summed E-state index contributed by atoms with van der Waals surface area (Å²) in [6, 6.07) is 81.4. The molecule has 0 aliphatic carbocycles. The van der Waals surface area contributed by atoms with Crippen molar-refractivity contribution in [2.75, 3.05) is 4.90 Å². The largest absolute Gasteiger partial charge is 0.310 e. The number of rotatable bonds is 7. The quantitative estimate of drug-likeness (QED) is 0.150. The van der Waals surface area contributed by atoms with Crippen LogP contribution >= 0.6 is 0 Å². The fourth-order valence-electron chi connectivity index (χ4n) is 8.27. The van der Waals surface area contributed by atoms with Crippen LogP contribution in [0.4, 0.5) is 17.1 Å². The molecule has 0 unspecified atom stereocenters. The number of benzene rings is 10. The molecule has 0 atom stereocenters. The van der Waals surface area contributed by atoms with Crippen LogP contribution in [0.25, 0.3) is 76.8 Å². The van der Waals surface area contributed by atoms with Crippen molar-refractivity contribution in [3.05, 3.63) is 224 Å². The first-order chi connectivity index (χ1) is 27.3. The highest BCUT2D eigenvalue weighted by Gasteiger charge is 2.18. The maximum absolute atomic E-state index is 2.41. The third kappa shape index (κ3) is 5.93. The lowest BCUT2D eigenvalue weighted by molar-refractivity contribution is 1.30. The highest BCUT2D eigenvalue weighted by Crippen LogP contribution is 2.44. The highest BCUT2D eigenvalue weighted by molar-refractivity contribution is 6.09. The summed E-state index contributed by atoms with van der Waals surface area (Å²) < 4.78 is 0. The average molecular weight is 700 g/mol. The van der Waals surface area contributed by atoms with Crippen molar-refractivity contribution < 1.29 is 0 Å². The van der Waals surface area contributed by atoms with Crippen LogP contribution in [0.3, 0.4) is 0 Å². The number of nitrogens with zero attached hydrogens (tertiary/aromatic N) is 1. The molecule has 0 amide bonds. The Hall–Kier alpha value is -7.22. The van der Waals surface area contributed by atoms with Crippen molar-refractivity contribution in [2.45, 2.75) is 0 Å². The maximum Gasteiger partial charge on any atom is 0.0540 e. The second-order valence-corrected chi connectivity index (χ2v) is 14.1. The SMILES string of the molecule is c1ccc(-c2ccccc2-c2ccccc2-c2ccccc2-c2ccc(N(c3ccc4c(ccc5ccccc54)c3)c3cccc4ccccc34)cc2)cc1. The molecule has 0 aliphatic heterocycles. The van der Waals surface area contributed by atoms with E-state index in [2.05, 4.69) is 229 Å². The van der Waals surface area contributed by atoms with Gasteiger partial charge in [-0.1, -0.05) is 194 Å². The molecular formula is C54H37N. The molecule has 0 saturated carbocycles. The molecule has 0 aliphatic rings. The Morgan fingerprint density at radius 3 is 1.33 bits per heavy atom. The Bertz CT molecular complexity index is 2970. The van der Waals surface area contributed by atoms with Crippen LogP contribution in [0, 0.1) is 0 Å². The van der Waals surface area contributed by atoms with E-state index in [9.17, 15) is 0 Å². The van der Waals surface area contributed by atoms with Crippen molar-refractivity contribution in [3.63, 3.8) is 0 Å². The molecule has 1 nitrogen and oxygen atoms in total. The monoisotopic (exact) mass is 699 g/mol. The van der Waals surface area contributed by atoms with Gasteiger partial charge in [0.15, 0.2) is 0 Å². The molecule has 0 bridgehead atoms. The van der Waals surface area contributed by atoms with Gasteiger partial charge in [-0.05, 0) is 102 Å². The molecule has 0 fully saturated rings. The second-order valence-electron chi connectivity index (χ2n) is 14.1. The summed E-state index contributed by atoms with van der Waals surface area (Å²) in [7, 11) is 0. The molecule has 0 saturated heterocycles. The summed E-state index contributed by atoms with van der Waals surface area (Å²) in [4.78, 5) is 2.41. The van der Waals surface area contributed by atoms with Crippen LogP contribution in [-0.2, 0) is 0 Å². The summed E-state index contributed by atoms with van der Waals surface area (Å²) in [5.41, 5.74) is 13.1. The number of hydrogen-bond acceptors (Lipinski definition) is 1. The first kappa shape index (κ1) is 32.4. The highest BCUT2D eigenvalue weighted by atomic mass is 15.1. The lowest BCUT2D eigenvalue weighted by Gasteiger charge is -2.27. The van der Waals surface area contributed by atoms with E-state index in [-0.39, 0.29) is 0 Å². The lowest BCUT2D eigenvalue weighted by Crippen LogP contribution is -2.10. The Kier molecular flexibility index (Phi) is 8.24. The minimum absolute atomic E-state index is 1.11. The van der Waals surface area contributed by atoms with Crippen molar-refractivity contribution in [1.29, 1.82) is 0 Å². The van der Waals surface area contributed by atoms with E-state index in [1.807, 2.05) is 0 Å². The van der Waals surface area contributed by atoms with Gasteiger partial charge in [-0.2, -0.15) is 0 Å². The van der Waals surface area contributed by atoms with E-state index in [4.69, 9.17) is 0 Å². The Balaban J connectivity index is 1.09.